The van der Waals surface area contributed by atoms with E-state index in [9.17, 15) is 14.4 Å². The maximum atomic E-state index is 12.8. The van der Waals surface area contributed by atoms with Crippen molar-refractivity contribution in [2.75, 3.05) is 6.61 Å². The minimum Gasteiger partial charge on any atom is -0.458 e. The molecule has 4 aliphatic carbocycles. The molecule has 0 aliphatic heterocycles. The third-order valence-corrected chi connectivity index (χ3v) is 8.77. The monoisotopic (exact) mass is 372 g/mol. The van der Waals surface area contributed by atoms with E-state index in [4.69, 9.17) is 4.74 Å². The van der Waals surface area contributed by atoms with E-state index in [1.165, 1.54) is 12.5 Å². The number of rotatable bonds is 3. The summed E-state index contributed by atoms with van der Waals surface area (Å²) in [6.07, 6.45) is 10.1. The number of hydrogen-bond donors (Lipinski definition) is 0. The lowest BCUT2D eigenvalue weighted by Gasteiger charge is -2.58. The highest BCUT2D eigenvalue weighted by Crippen LogP contribution is 2.66. The largest absolute Gasteiger partial charge is 0.458 e. The number of esters is 1. The van der Waals surface area contributed by atoms with Gasteiger partial charge >= 0.3 is 5.97 Å². The maximum Gasteiger partial charge on any atom is 0.303 e. The van der Waals surface area contributed by atoms with Crippen LogP contribution in [0, 0.1) is 34.5 Å². The number of allylic oxidation sites excluding steroid dienone is 1. The molecule has 0 spiro atoms. The highest BCUT2D eigenvalue weighted by Gasteiger charge is 2.60. The zero-order valence-corrected chi connectivity index (χ0v) is 16.9. The molecule has 148 valence electrons. The van der Waals surface area contributed by atoms with Gasteiger partial charge in [0.2, 0.25) is 0 Å². The summed E-state index contributed by atoms with van der Waals surface area (Å²) in [7, 11) is 0. The predicted octanol–water partition coefficient (Wildman–Crippen LogP) is 4.27. The Bertz CT molecular complexity index is 707. The third kappa shape index (κ3) is 2.91. The Morgan fingerprint density at radius 3 is 2.59 bits per heavy atom. The number of carbonyl (C=O) groups is 3. The van der Waals surface area contributed by atoms with Gasteiger partial charge in [0.1, 0.15) is 6.61 Å². The van der Waals surface area contributed by atoms with Crippen LogP contribution in [0.2, 0.25) is 0 Å². The maximum absolute atomic E-state index is 12.8. The molecule has 0 saturated heterocycles. The van der Waals surface area contributed by atoms with E-state index in [0.29, 0.717) is 30.0 Å². The highest BCUT2D eigenvalue weighted by atomic mass is 16.5. The number of Topliss-reactive ketones (excluding diaryl/α,β-unsaturated/α-hetero) is 1. The smallest absolute Gasteiger partial charge is 0.303 e. The lowest BCUT2D eigenvalue weighted by molar-refractivity contribution is -0.149. The Balaban J connectivity index is 1.56. The van der Waals surface area contributed by atoms with Crippen molar-refractivity contribution in [1.82, 2.24) is 0 Å². The van der Waals surface area contributed by atoms with Crippen LogP contribution < -0.4 is 0 Å². The van der Waals surface area contributed by atoms with Crippen molar-refractivity contribution in [2.45, 2.75) is 72.1 Å². The first-order valence-corrected chi connectivity index (χ1v) is 10.7. The lowest BCUT2D eigenvalue weighted by atomic mass is 9.46. The molecular formula is C23H32O4. The molecule has 0 radical (unpaired) electrons. The van der Waals surface area contributed by atoms with E-state index in [0.717, 1.165) is 44.9 Å². The normalized spacial score (nSPS) is 43.2. The molecule has 4 heteroatoms. The van der Waals surface area contributed by atoms with Crippen molar-refractivity contribution in [3.63, 3.8) is 0 Å². The Morgan fingerprint density at radius 1 is 1.07 bits per heavy atom. The van der Waals surface area contributed by atoms with Gasteiger partial charge in [0.25, 0.3) is 0 Å². The molecule has 6 atom stereocenters. The molecule has 0 aromatic carbocycles. The first-order chi connectivity index (χ1) is 12.8. The van der Waals surface area contributed by atoms with E-state index in [-0.39, 0.29) is 35.1 Å². The van der Waals surface area contributed by atoms with Crippen molar-refractivity contribution in [3.05, 3.63) is 11.6 Å². The first kappa shape index (κ1) is 18.9. The minimum atomic E-state index is -0.377. The molecule has 4 rings (SSSR count). The third-order valence-electron chi connectivity index (χ3n) is 8.77. The van der Waals surface area contributed by atoms with Gasteiger partial charge in [0.05, 0.1) is 0 Å². The van der Waals surface area contributed by atoms with Crippen LogP contribution in [-0.4, -0.2) is 24.1 Å². The van der Waals surface area contributed by atoms with E-state index in [1.54, 1.807) is 0 Å². The molecule has 0 aromatic rings. The quantitative estimate of drug-likeness (QED) is 0.694. The average molecular weight is 373 g/mol. The van der Waals surface area contributed by atoms with Gasteiger partial charge in [0, 0.05) is 19.3 Å². The number of hydrogen-bond acceptors (Lipinski definition) is 4. The molecule has 0 N–H and O–H groups in total. The number of ether oxygens (including phenoxy) is 1. The van der Waals surface area contributed by atoms with Crippen LogP contribution in [0.4, 0.5) is 0 Å². The second kappa shape index (κ2) is 6.56. The molecule has 0 bridgehead atoms. The van der Waals surface area contributed by atoms with Gasteiger partial charge in [0.15, 0.2) is 11.6 Å². The molecule has 27 heavy (non-hydrogen) atoms. The summed E-state index contributed by atoms with van der Waals surface area (Å²) in [5.74, 6) is 1.95. The minimum absolute atomic E-state index is 0.0282. The number of carbonyl (C=O) groups excluding carboxylic acids is 3. The van der Waals surface area contributed by atoms with Crippen LogP contribution in [0.5, 0.6) is 0 Å². The average Bonchev–Trinajstić information content (AvgIpc) is 2.97. The molecule has 0 amide bonds. The summed E-state index contributed by atoms with van der Waals surface area (Å²) < 4.78 is 5.02. The molecule has 3 saturated carbocycles. The van der Waals surface area contributed by atoms with E-state index >= 15 is 0 Å². The van der Waals surface area contributed by atoms with Crippen molar-refractivity contribution >= 4 is 17.5 Å². The van der Waals surface area contributed by atoms with Crippen molar-refractivity contribution in [2.24, 2.45) is 34.5 Å². The molecule has 4 aliphatic rings. The van der Waals surface area contributed by atoms with Crippen LogP contribution in [-0.2, 0) is 19.1 Å². The zero-order chi connectivity index (χ0) is 19.4. The van der Waals surface area contributed by atoms with Gasteiger partial charge in [-0.2, -0.15) is 0 Å². The lowest BCUT2D eigenvalue weighted by Crippen LogP contribution is -2.51. The van der Waals surface area contributed by atoms with Crippen LogP contribution in [0.15, 0.2) is 11.6 Å². The van der Waals surface area contributed by atoms with Crippen LogP contribution in [0.25, 0.3) is 0 Å². The van der Waals surface area contributed by atoms with Crippen molar-refractivity contribution in [3.8, 4) is 0 Å². The second-order valence-electron chi connectivity index (χ2n) is 9.89. The Kier molecular flexibility index (Phi) is 4.59. The fourth-order valence-corrected chi connectivity index (χ4v) is 7.36. The van der Waals surface area contributed by atoms with Crippen LogP contribution >= 0.6 is 0 Å². The molecule has 0 aromatic heterocycles. The molecule has 0 heterocycles. The van der Waals surface area contributed by atoms with Gasteiger partial charge in [-0.05, 0) is 79.6 Å². The van der Waals surface area contributed by atoms with E-state index in [1.807, 2.05) is 6.08 Å². The summed E-state index contributed by atoms with van der Waals surface area (Å²) in [6, 6.07) is 0. The fourth-order valence-electron chi connectivity index (χ4n) is 7.36. The predicted molar refractivity (Wildman–Crippen MR) is 102 cm³/mol. The van der Waals surface area contributed by atoms with Gasteiger partial charge in [-0.25, -0.2) is 0 Å². The Labute approximate surface area is 162 Å². The molecular weight excluding hydrogens is 340 g/mol. The van der Waals surface area contributed by atoms with Crippen LogP contribution in [0.3, 0.4) is 0 Å². The molecule has 4 nitrogen and oxygen atoms in total. The van der Waals surface area contributed by atoms with Gasteiger partial charge < -0.3 is 4.74 Å². The fraction of sp³-hybridized carbons (Fsp3) is 0.783. The Morgan fingerprint density at radius 2 is 1.85 bits per heavy atom. The van der Waals surface area contributed by atoms with Gasteiger partial charge in [-0.1, -0.05) is 19.4 Å². The number of fused-ring (bicyclic) bond motifs is 5. The summed E-state index contributed by atoms with van der Waals surface area (Å²) in [5.41, 5.74) is 1.61. The zero-order valence-electron chi connectivity index (χ0n) is 16.9. The summed E-state index contributed by atoms with van der Waals surface area (Å²) in [5, 5.41) is 0. The standard InChI is InChI=1S/C23H32O4/c1-14(24)27-13-21(26)20-7-6-18-17-5-4-15-12-16(25)8-10-22(15,2)19(17)9-11-23(18,20)3/h12,17-20H,4-11,13H2,1-3H3/t17-,18-,19+,20+,22-,23-/m0/s1. The molecule has 3 fully saturated rings. The van der Waals surface area contributed by atoms with E-state index in [2.05, 4.69) is 13.8 Å². The topological polar surface area (TPSA) is 60.4 Å². The number of ketones is 2. The second-order valence-corrected chi connectivity index (χ2v) is 9.89. The van der Waals surface area contributed by atoms with E-state index < -0.39 is 0 Å². The summed E-state index contributed by atoms with van der Waals surface area (Å²) in [4.78, 5) is 35.8. The van der Waals surface area contributed by atoms with Crippen molar-refractivity contribution < 1.29 is 19.1 Å². The first-order valence-electron chi connectivity index (χ1n) is 10.7. The summed E-state index contributed by atoms with van der Waals surface area (Å²) in [6.45, 7) is 6.00. The summed E-state index contributed by atoms with van der Waals surface area (Å²) >= 11 is 0. The molecule has 0 unspecified atom stereocenters. The highest BCUT2D eigenvalue weighted by molar-refractivity contribution is 5.91. The Hall–Kier alpha value is -1.45. The van der Waals surface area contributed by atoms with Crippen LogP contribution in [0.1, 0.15) is 72.1 Å². The van der Waals surface area contributed by atoms with Gasteiger partial charge in [-0.3, -0.25) is 14.4 Å². The van der Waals surface area contributed by atoms with Crippen molar-refractivity contribution in [1.29, 1.82) is 0 Å². The van der Waals surface area contributed by atoms with Gasteiger partial charge in [-0.15, -0.1) is 0 Å². The SMILES string of the molecule is CC(=O)OCC(=O)[C@H]1CC[C@H]2[C@@H]3CCC4=CC(=O)CC[C@]4(C)[C@@H]3CC[C@]12C.